The van der Waals surface area contributed by atoms with E-state index in [0.29, 0.717) is 30.0 Å². The zero-order chi connectivity index (χ0) is 17.3. The first-order valence-electron chi connectivity index (χ1n) is 7.14. The van der Waals surface area contributed by atoms with Gasteiger partial charge in [-0.2, -0.15) is 0 Å². The van der Waals surface area contributed by atoms with E-state index in [0.717, 1.165) is 0 Å². The molecular weight excluding hydrogens is 294 g/mol. The van der Waals surface area contributed by atoms with Crippen molar-refractivity contribution >= 4 is 5.91 Å². The highest BCUT2D eigenvalue weighted by Crippen LogP contribution is 2.23. The number of hydrogen-bond donors (Lipinski definition) is 2. The van der Waals surface area contributed by atoms with E-state index in [1.807, 2.05) is 0 Å². The van der Waals surface area contributed by atoms with Crippen molar-refractivity contribution in [3.05, 3.63) is 23.8 Å². The number of carbonyl (C=O) groups is 1. The van der Waals surface area contributed by atoms with Crippen LogP contribution in [0.2, 0.25) is 0 Å². The molecule has 0 bridgehead atoms. The van der Waals surface area contributed by atoms with Crippen LogP contribution in [0.5, 0.6) is 11.5 Å². The molecule has 1 aromatic rings. The number of rotatable bonds is 8. The average Bonchev–Trinajstić information content (AvgIpc) is 2.49. The van der Waals surface area contributed by atoms with Gasteiger partial charge in [-0.05, 0) is 32.4 Å². The third kappa shape index (κ3) is 7.26. The second kappa shape index (κ2) is 8.73. The second-order valence-electron chi connectivity index (χ2n) is 5.50. The van der Waals surface area contributed by atoms with E-state index in [1.165, 1.54) is 0 Å². The van der Waals surface area contributed by atoms with Crippen molar-refractivity contribution in [2.75, 3.05) is 19.8 Å². The van der Waals surface area contributed by atoms with Crippen LogP contribution in [0.3, 0.4) is 0 Å². The number of aliphatic hydroxyl groups is 1. The molecule has 0 aliphatic carbocycles. The van der Waals surface area contributed by atoms with Gasteiger partial charge in [-0.25, -0.2) is 0 Å². The van der Waals surface area contributed by atoms with Crippen LogP contribution in [0.1, 0.15) is 30.6 Å². The van der Waals surface area contributed by atoms with Gasteiger partial charge in [0.1, 0.15) is 24.7 Å². The molecule has 0 aromatic heterocycles. The molecule has 0 heterocycles. The normalized spacial score (nSPS) is 10.3. The van der Waals surface area contributed by atoms with Crippen LogP contribution in [-0.2, 0) is 0 Å². The molecule has 1 aromatic carbocycles. The van der Waals surface area contributed by atoms with E-state index in [9.17, 15) is 9.90 Å². The van der Waals surface area contributed by atoms with Gasteiger partial charge in [0.25, 0.3) is 5.91 Å². The van der Waals surface area contributed by atoms with Crippen LogP contribution >= 0.6 is 0 Å². The summed E-state index contributed by atoms with van der Waals surface area (Å²) in [5, 5.41) is 12.4. The number of carbonyl (C=O) groups excluding carboxylic acids is 1. The molecule has 0 spiro atoms. The Balaban J connectivity index is 2.83. The van der Waals surface area contributed by atoms with Crippen molar-refractivity contribution in [1.82, 2.24) is 5.32 Å². The Morgan fingerprint density at radius 3 is 2.13 bits per heavy atom. The first-order valence-corrected chi connectivity index (χ1v) is 7.14. The van der Waals surface area contributed by atoms with Crippen molar-refractivity contribution in [3.8, 4) is 36.2 Å². The zero-order valence-electron chi connectivity index (χ0n) is 13.4. The molecule has 0 saturated heterocycles. The summed E-state index contributed by atoms with van der Waals surface area (Å²) in [5.74, 6) is 5.25. The molecule has 0 unspecified atom stereocenters. The van der Waals surface area contributed by atoms with Crippen LogP contribution in [0.25, 0.3) is 0 Å². The summed E-state index contributed by atoms with van der Waals surface area (Å²) in [4.78, 5) is 12.2. The van der Waals surface area contributed by atoms with Crippen molar-refractivity contribution < 1.29 is 19.4 Å². The quantitative estimate of drug-likeness (QED) is 0.715. The molecule has 23 heavy (non-hydrogen) atoms. The molecule has 122 valence electrons. The lowest BCUT2D eigenvalue weighted by molar-refractivity contribution is 0.0693. The number of amides is 1. The van der Waals surface area contributed by atoms with E-state index in [1.54, 1.807) is 32.0 Å². The van der Waals surface area contributed by atoms with E-state index in [-0.39, 0.29) is 19.1 Å². The van der Waals surface area contributed by atoms with E-state index >= 15 is 0 Å². The Bertz CT molecular complexity index is 581. The molecule has 5 heteroatoms. The van der Waals surface area contributed by atoms with Crippen molar-refractivity contribution in [3.63, 3.8) is 0 Å². The number of hydrogen-bond acceptors (Lipinski definition) is 4. The van der Waals surface area contributed by atoms with Crippen LogP contribution < -0.4 is 14.8 Å². The molecule has 0 saturated carbocycles. The van der Waals surface area contributed by atoms with Crippen LogP contribution in [0.4, 0.5) is 0 Å². The lowest BCUT2D eigenvalue weighted by atomic mass is 10.1. The third-order valence-electron chi connectivity index (χ3n) is 2.81. The Kier molecular flexibility index (Phi) is 6.99. The van der Waals surface area contributed by atoms with Gasteiger partial charge in [-0.15, -0.1) is 12.8 Å². The first-order chi connectivity index (χ1) is 10.9. The largest absolute Gasteiger partial charge is 0.481 e. The number of terminal acetylenes is 2. The van der Waals surface area contributed by atoms with Gasteiger partial charge in [-0.1, -0.05) is 11.8 Å². The second-order valence-corrected chi connectivity index (χ2v) is 5.50. The van der Waals surface area contributed by atoms with Gasteiger partial charge >= 0.3 is 0 Å². The van der Waals surface area contributed by atoms with Gasteiger partial charge in [0.05, 0.1) is 5.60 Å². The monoisotopic (exact) mass is 315 g/mol. The summed E-state index contributed by atoms with van der Waals surface area (Å²) >= 11 is 0. The standard InChI is InChI=1S/C18H21NO4/c1-5-9-22-15-11-14(12-16(13-15)23-10-6-2)17(20)19-8-7-18(3,4)21/h1-2,11-13,21H,7-10H2,3-4H3,(H,19,20). The van der Waals surface area contributed by atoms with Gasteiger partial charge in [0.2, 0.25) is 0 Å². The van der Waals surface area contributed by atoms with Gasteiger partial charge < -0.3 is 19.9 Å². The smallest absolute Gasteiger partial charge is 0.251 e. The molecule has 0 aliphatic heterocycles. The summed E-state index contributed by atoms with van der Waals surface area (Å²) in [7, 11) is 0. The summed E-state index contributed by atoms with van der Waals surface area (Å²) in [6, 6.07) is 4.75. The lowest BCUT2D eigenvalue weighted by Gasteiger charge is -2.17. The van der Waals surface area contributed by atoms with E-state index < -0.39 is 5.60 Å². The fourth-order valence-electron chi connectivity index (χ4n) is 1.70. The maximum absolute atomic E-state index is 12.2. The van der Waals surface area contributed by atoms with Crippen molar-refractivity contribution in [2.24, 2.45) is 0 Å². The fourth-order valence-corrected chi connectivity index (χ4v) is 1.70. The molecule has 5 nitrogen and oxygen atoms in total. The number of ether oxygens (including phenoxy) is 2. The molecule has 1 amide bonds. The zero-order valence-corrected chi connectivity index (χ0v) is 13.4. The van der Waals surface area contributed by atoms with E-state index in [4.69, 9.17) is 22.3 Å². The highest BCUT2D eigenvalue weighted by Gasteiger charge is 2.14. The molecular formula is C18H21NO4. The Morgan fingerprint density at radius 2 is 1.70 bits per heavy atom. The van der Waals surface area contributed by atoms with Crippen molar-refractivity contribution in [1.29, 1.82) is 0 Å². The predicted molar refractivity (Wildman–Crippen MR) is 88.3 cm³/mol. The Morgan fingerprint density at radius 1 is 1.17 bits per heavy atom. The van der Waals surface area contributed by atoms with Gasteiger partial charge in [0, 0.05) is 18.2 Å². The lowest BCUT2D eigenvalue weighted by Crippen LogP contribution is -2.30. The minimum Gasteiger partial charge on any atom is -0.481 e. The SMILES string of the molecule is C#CCOc1cc(OCC#C)cc(C(=O)NCCC(C)(C)O)c1. The number of nitrogens with one attached hydrogen (secondary N) is 1. The molecule has 0 atom stereocenters. The summed E-state index contributed by atoms with van der Waals surface area (Å²) in [6.07, 6.45) is 10.8. The summed E-state index contributed by atoms with van der Waals surface area (Å²) < 4.78 is 10.7. The molecule has 0 fully saturated rings. The topological polar surface area (TPSA) is 67.8 Å². The minimum absolute atomic E-state index is 0.0817. The van der Waals surface area contributed by atoms with Crippen molar-refractivity contribution in [2.45, 2.75) is 25.9 Å². The Hall–Kier alpha value is -2.63. The molecule has 1 rings (SSSR count). The van der Waals surface area contributed by atoms with Crippen LogP contribution in [0, 0.1) is 24.7 Å². The highest BCUT2D eigenvalue weighted by atomic mass is 16.5. The predicted octanol–water partition coefficient (Wildman–Crippen LogP) is 1.60. The maximum atomic E-state index is 12.2. The fraction of sp³-hybridized carbons (Fsp3) is 0.389. The maximum Gasteiger partial charge on any atom is 0.251 e. The molecule has 2 N–H and O–H groups in total. The average molecular weight is 315 g/mol. The van der Waals surface area contributed by atoms with Gasteiger partial charge in [0.15, 0.2) is 0 Å². The number of benzene rings is 1. The van der Waals surface area contributed by atoms with Crippen LogP contribution in [-0.4, -0.2) is 36.4 Å². The van der Waals surface area contributed by atoms with Crippen LogP contribution in [0.15, 0.2) is 18.2 Å². The summed E-state index contributed by atoms with van der Waals surface area (Å²) in [6.45, 7) is 3.87. The first kappa shape index (κ1) is 18.4. The summed E-state index contributed by atoms with van der Waals surface area (Å²) in [5.41, 5.74) is -0.478. The highest BCUT2D eigenvalue weighted by molar-refractivity contribution is 5.95. The minimum atomic E-state index is -0.841. The Labute approximate surface area is 137 Å². The molecule has 0 radical (unpaired) electrons. The van der Waals surface area contributed by atoms with E-state index in [2.05, 4.69) is 17.2 Å². The molecule has 0 aliphatic rings. The van der Waals surface area contributed by atoms with Gasteiger partial charge in [-0.3, -0.25) is 4.79 Å². The third-order valence-corrected chi connectivity index (χ3v) is 2.81.